The van der Waals surface area contributed by atoms with Gasteiger partial charge < -0.3 is 18.9 Å². The van der Waals surface area contributed by atoms with E-state index in [1.54, 1.807) is 13.0 Å². The summed E-state index contributed by atoms with van der Waals surface area (Å²) in [5.41, 5.74) is 1.42. The van der Waals surface area contributed by atoms with E-state index >= 15 is 0 Å². The first-order valence-corrected chi connectivity index (χ1v) is 10.6. The highest BCUT2D eigenvalue weighted by molar-refractivity contribution is 5.91. The van der Waals surface area contributed by atoms with Crippen LogP contribution in [0.5, 0.6) is 17.2 Å². The molecule has 3 rings (SSSR count). The molecule has 0 saturated carbocycles. The van der Waals surface area contributed by atoms with Crippen LogP contribution < -0.4 is 14.2 Å². The molecule has 0 unspecified atom stereocenters. The van der Waals surface area contributed by atoms with Crippen LogP contribution in [-0.2, 0) is 22.7 Å². The lowest BCUT2D eigenvalue weighted by molar-refractivity contribution is -0.419. The molecule has 0 aromatic heterocycles. The highest BCUT2D eigenvalue weighted by atomic mass is 16.6. The second kappa shape index (κ2) is 12.1. The average molecular weight is 463 g/mol. The first kappa shape index (κ1) is 24.3. The van der Waals surface area contributed by atoms with Gasteiger partial charge in [-0.25, -0.2) is 4.79 Å². The molecule has 0 aliphatic rings. The summed E-state index contributed by atoms with van der Waals surface area (Å²) in [6.45, 7) is 2.08. The van der Waals surface area contributed by atoms with Gasteiger partial charge in [-0.2, -0.15) is 0 Å². The Labute approximate surface area is 197 Å². The maximum atomic E-state index is 12.1. The largest absolute Gasteiger partial charge is 0.493 e. The summed E-state index contributed by atoms with van der Waals surface area (Å²) in [6, 6.07) is 22.2. The maximum absolute atomic E-state index is 12.1. The SMILES string of the molecule is CCOC(=O)/C(=C/c1cc(OC)c(OCc2ccccc2)cc1OCc1ccccc1)[N+](=O)[O-]. The Hall–Kier alpha value is -4.33. The Balaban J connectivity index is 1.99. The first-order valence-electron chi connectivity index (χ1n) is 10.6. The summed E-state index contributed by atoms with van der Waals surface area (Å²) >= 11 is 0. The second-order valence-electron chi connectivity index (χ2n) is 7.10. The molecule has 0 heterocycles. The highest BCUT2D eigenvalue weighted by Gasteiger charge is 2.25. The van der Waals surface area contributed by atoms with Crippen LogP contribution in [0.1, 0.15) is 23.6 Å². The molecule has 0 aliphatic carbocycles. The van der Waals surface area contributed by atoms with Crippen molar-refractivity contribution in [2.24, 2.45) is 0 Å². The minimum atomic E-state index is -1.04. The third kappa shape index (κ3) is 6.59. The number of hydrogen-bond donors (Lipinski definition) is 0. The van der Waals surface area contributed by atoms with E-state index in [1.807, 2.05) is 60.7 Å². The lowest BCUT2D eigenvalue weighted by Gasteiger charge is -2.16. The van der Waals surface area contributed by atoms with E-state index in [0.29, 0.717) is 11.5 Å². The summed E-state index contributed by atoms with van der Waals surface area (Å²) in [4.78, 5) is 22.9. The molecule has 0 spiro atoms. The van der Waals surface area contributed by atoms with Gasteiger partial charge in [0, 0.05) is 17.7 Å². The molecule has 0 N–H and O–H groups in total. The van der Waals surface area contributed by atoms with Gasteiger partial charge in [0.2, 0.25) is 0 Å². The second-order valence-corrected chi connectivity index (χ2v) is 7.10. The quantitative estimate of drug-likeness (QED) is 0.170. The number of ether oxygens (including phenoxy) is 4. The van der Waals surface area contributed by atoms with E-state index < -0.39 is 16.6 Å². The van der Waals surface area contributed by atoms with E-state index in [2.05, 4.69) is 0 Å². The summed E-state index contributed by atoms with van der Waals surface area (Å²) in [7, 11) is 1.46. The van der Waals surface area contributed by atoms with E-state index in [4.69, 9.17) is 18.9 Å². The van der Waals surface area contributed by atoms with E-state index in [1.165, 1.54) is 13.2 Å². The monoisotopic (exact) mass is 463 g/mol. The van der Waals surface area contributed by atoms with Gasteiger partial charge in [0.1, 0.15) is 19.0 Å². The van der Waals surface area contributed by atoms with Crippen LogP contribution in [0.2, 0.25) is 0 Å². The van der Waals surface area contributed by atoms with Crippen LogP contribution >= 0.6 is 0 Å². The Morgan fingerprint density at radius 1 is 0.882 bits per heavy atom. The lowest BCUT2D eigenvalue weighted by Crippen LogP contribution is -2.14. The molecule has 8 heteroatoms. The van der Waals surface area contributed by atoms with E-state index in [0.717, 1.165) is 17.2 Å². The molecule has 3 aromatic carbocycles. The van der Waals surface area contributed by atoms with E-state index in [9.17, 15) is 14.9 Å². The number of rotatable bonds is 11. The molecule has 34 heavy (non-hydrogen) atoms. The number of nitro groups is 1. The topological polar surface area (TPSA) is 97.1 Å². The van der Waals surface area contributed by atoms with Crippen LogP contribution in [0.4, 0.5) is 0 Å². The average Bonchev–Trinajstić information content (AvgIpc) is 2.86. The summed E-state index contributed by atoms with van der Waals surface area (Å²) in [5, 5.41) is 11.5. The summed E-state index contributed by atoms with van der Waals surface area (Å²) in [5.74, 6) is -0.0209. The summed E-state index contributed by atoms with van der Waals surface area (Å²) in [6.07, 6.45) is 1.11. The number of esters is 1. The number of benzene rings is 3. The van der Waals surface area contributed by atoms with Gasteiger partial charge in [-0.05, 0) is 24.1 Å². The van der Waals surface area contributed by atoms with Crippen molar-refractivity contribution in [2.45, 2.75) is 20.1 Å². The molecule has 0 bridgehead atoms. The summed E-state index contributed by atoms with van der Waals surface area (Å²) < 4.78 is 22.2. The van der Waals surface area contributed by atoms with Gasteiger partial charge in [-0.3, -0.25) is 10.1 Å². The molecule has 0 amide bonds. The van der Waals surface area contributed by atoms with Gasteiger partial charge in [-0.1, -0.05) is 60.7 Å². The van der Waals surface area contributed by atoms with Crippen molar-refractivity contribution < 1.29 is 28.7 Å². The molecular formula is C26H25NO7. The highest BCUT2D eigenvalue weighted by Crippen LogP contribution is 2.37. The predicted octanol–water partition coefficient (Wildman–Crippen LogP) is 5.03. The van der Waals surface area contributed by atoms with Crippen LogP contribution in [0, 0.1) is 10.1 Å². The third-order valence-corrected chi connectivity index (χ3v) is 4.74. The normalized spacial score (nSPS) is 10.9. The molecule has 0 fully saturated rings. The van der Waals surface area contributed by atoms with Crippen molar-refractivity contribution in [3.63, 3.8) is 0 Å². The van der Waals surface area contributed by atoms with Gasteiger partial charge >= 0.3 is 11.7 Å². The Kier molecular flexibility index (Phi) is 8.62. The van der Waals surface area contributed by atoms with Crippen molar-refractivity contribution in [3.05, 3.63) is 105 Å². The van der Waals surface area contributed by atoms with E-state index in [-0.39, 0.29) is 31.1 Å². The molecule has 0 radical (unpaired) electrons. The fourth-order valence-electron chi connectivity index (χ4n) is 3.08. The molecule has 0 atom stereocenters. The van der Waals surface area contributed by atoms with Crippen molar-refractivity contribution in [1.29, 1.82) is 0 Å². The van der Waals surface area contributed by atoms with Gasteiger partial charge in [0.15, 0.2) is 11.5 Å². The van der Waals surface area contributed by atoms with Crippen molar-refractivity contribution in [3.8, 4) is 17.2 Å². The van der Waals surface area contributed by atoms with Gasteiger partial charge in [0.25, 0.3) is 0 Å². The smallest absolute Gasteiger partial charge is 0.409 e. The Morgan fingerprint density at radius 2 is 1.44 bits per heavy atom. The van der Waals surface area contributed by atoms with Crippen molar-refractivity contribution in [2.75, 3.05) is 13.7 Å². The molecule has 176 valence electrons. The van der Waals surface area contributed by atoms with Crippen molar-refractivity contribution in [1.82, 2.24) is 0 Å². The Morgan fingerprint density at radius 3 is 1.94 bits per heavy atom. The van der Waals surface area contributed by atoms with Crippen LogP contribution in [0.25, 0.3) is 6.08 Å². The number of carbonyl (C=O) groups excluding carboxylic acids is 1. The molecule has 8 nitrogen and oxygen atoms in total. The minimum Gasteiger partial charge on any atom is -0.493 e. The molecular weight excluding hydrogens is 438 g/mol. The Bertz CT molecular complexity index is 1140. The van der Waals surface area contributed by atoms with Crippen LogP contribution in [0.15, 0.2) is 78.5 Å². The van der Waals surface area contributed by atoms with Gasteiger partial charge in [-0.15, -0.1) is 0 Å². The molecule has 0 aliphatic heterocycles. The predicted molar refractivity (Wildman–Crippen MR) is 126 cm³/mol. The zero-order chi connectivity index (χ0) is 24.3. The zero-order valence-corrected chi connectivity index (χ0v) is 18.9. The number of nitrogens with zero attached hydrogens (tertiary/aromatic N) is 1. The lowest BCUT2D eigenvalue weighted by atomic mass is 10.1. The zero-order valence-electron chi connectivity index (χ0n) is 18.9. The van der Waals surface area contributed by atoms with Crippen LogP contribution in [-0.4, -0.2) is 24.6 Å². The number of carbonyl (C=O) groups is 1. The third-order valence-electron chi connectivity index (χ3n) is 4.74. The maximum Gasteiger partial charge on any atom is 0.409 e. The molecule has 0 saturated heterocycles. The number of hydrogen-bond acceptors (Lipinski definition) is 7. The standard InChI is InChI=1S/C26H25NO7/c1-3-32-26(28)22(27(29)30)14-21-15-24(31-2)25(34-18-20-12-8-5-9-13-20)16-23(21)33-17-19-10-6-4-7-11-19/h4-16H,3,17-18H2,1-2H3/b22-14-. The van der Waals surface area contributed by atoms with Crippen molar-refractivity contribution >= 4 is 12.0 Å². The fraction of sp³-hybridized carbons (Fsp3) is 0.192. The van der Waals surface area contributed by atoms with Crippen LogP contribution in [0.3, 0.4) is 0 Å². The molecule has 3 aromatic rings. The minimum absolute atomic E-state index is 0.0109. The fourth-order valence-corrected chi connectivity index (χ4v) is 3.08. The van der Waals surface area contributed by atoms with Gasteiger partial charge in [0.05, 0.1) is 18.6 Å². The number of methoxy groups -OCH3 is 1. The first-order chi connectivity index (χ1) is 16.5.